The first-order chi connectivity index (χ1) is 17.1. The van der Waals surface area contributed by atoms with E-state index in [1.807, 2.05) is 18.2 Å². The second-order valence-electron chi connectivity index (χ2n) is 9.26. The lowest BCUT2D eigenvalue weighted by molar-refractivity contribution is 0.0314. The number of piperidine rings is 1. The molecule has 188 valence electrons. The number of carboxylic acid groups (broad SMARTS) is 1. The fourth-order valence-electron chi connectivity index (χ4n) is 5.51. The number of amides is 1. The van der Waals surface area contributed by atoms with Crippen molar-refractivity contribution in [2.45, 2.75) is 48.3 Å². The number of rotatable bonds is 5. The van der Waals surface area contributed by atoms with Gasteiger partial charge < -0.3 is 14.7 Å². The first-order valence-corrected chi connectivity index (χ1v) is 13.9. The lowest BCUT2D eigenvalue weighted by Crippen LogP contribution is -2.53. The lowest BCUT2D eigenvalue weighted by Gasteiger charge is -2.43. The number of carbonyl (C=O) groups is 1. The molecule has 1 aromatic heterocycles. The predicted octanol–water partition coefficient (Wildman–Crippen LogP) is 4.34. The van der Waals surface area contributed by atoms with E-state index in [0.717, 1.165) is 24.7 Å². The molecule has 1 unspecified atom stereocenters. The van der Waals surface area contributed by atoms with Gasteiger partial charge in [0.05, 0.1) is 4.90 Å². The predicted molar refractivity (Wildman–Crippen MR) is 135 cm³/mol. The van der Waals surface area contributed by atoms with Gasteiger partial charge in [-0.3, -0.25) is 9.36 Å². The first-order valence-electron chi connectivity index (χ1n) is 11.6. The van der Waals surface area contributed by atoms with Crippen LogP contribution in [-0.2, 0) is 9.84 Å². The molecule has 36 heavy (non-hydrogen) atoms. The third-order valence-corrected chi connectivity index (χ3v) is 8.55. The van der Waals surface area contributed by atoms with E-state index in [-0.39, 0.29) is 34.6 Å². The van der Waals surface area contributed by atoms with Crippen molar-refractivity contribution in [3.63, 3.8) is 0 Å². The summed E-state index contributed by atoms with van der Waals surface area (Å²) in [7, 11) is -3.34. The third-order valence-electron chi connectivity index (χ3n) is 7.07. The molecule has 3 aromatic rings. The summed E-state index contributed by atoms with van der Waals surface area (Å²) in [6.07, 6.45) is 3.38. The molecule has 0 aliphatic carbocycles. The van der Waals surface area contributed by atoms with Gasteiger partial charge in [-0.15, -0.1) is 0 Å². The molecule has 2 fully saturated rings. The van der Waals surface area contributed by atoms with Gasteiger partial charge in [0.2, 0.25) is 0 Å². The Labute approximate surface area is 213 Å². The van der Waals surface area contributed by atoms with E-state index < -0.39 is 15.9 Å². The molecule has 0 spiro atoms. The minimum Gasteiger partial charge on any atom is -0.489 e. The van der Waals surface area contributed by atoms with E-state index in [1.54, 1.807) is 30.5 Å². The Morgan fingerprint density at radius 1 is 1.08 bits per heavy atom. The van der Waals surface area contributed by atoms with E-state index in [2.05, 4.69) is 0 Å². The van der Waals surface area contributed by atoms with Crippen LogP contribution in [0.4, 0.5) is 4.79 Å². The van der Waals surface area contributed by atoms with Crippen molar-refractivity contribution in [2.24, 2.45) is 0 Å². The summed E-state index contributed by atoms with van der Waals surface area (Å²) in [5, 5.41) is 10.4. The summed E-state index contributed by atoms with van der Waals surface area (Å²) in [6.45, 7) is 0. The number of fused-ring (bicyclic) bond motifs is 2. The number of benzene rings is 2. The molecular weight excluding hydrogens is 504 g/mol. The Kier molecular flexibility index (Phi) is 6.30. The lowest BCUT2D eigenvalue weighted by atomic mass is 9.82. The molecule has 0 saturated carbocycles. The van der Waals surface area contributed by atoms with Crippen LogP contribution in [0, 0.1) is 0 Å². The number of sulfone groups is 1. The number of pyridine rings is 1. The van der Waals surface area contributed by atoms with Gasteiger partial charge in [0.25, 0.3) is 5.56 Å². The smallest absolute Gasteiger partial charge is 0.407 e. The Morgan fingerprint density at radius 3 is 2.44 bits per heavy atom. The Hall–Kier alpha value is -3.30. The van der Waals surface area contributed by atoms with Gasteiger partial charge in [-0.05, 0) is 54.8 Å². The Bertz CT molecular complexity index is 1470. The van der Waals surface area contributed by atoms with Gasteiger partial charge in [0, 0.05) is 53.7 Å². The van der Waals surface area contributed by atoms with E-state index in [0.29, 0.717) is 22.9 Å². The maximum absolute atomic E-state index is 12.9. The van der Waals surface area contributed by atoms with Crippen LogP contribution in [0.1, 0.15) is 30.7 Å². The van der Waals surface area contributed by atoms with Crippen LogP contribution in [-0.4, -0.2) is 53.5 Å². The van der Waals surface area contributed by atoms with E-state index in [4.69, 9.17) is 16.3 Å². The van der Waals surface area contributed by atoms with Crippen LogP contribution < -0.4 is 10.3 Å². The standard InChI is InChI=1S/C26H25ClN2O6S/c1-36(33,34)19-9-6-16(7-10-19)28-13-12-18(15-24(28)30)35-23-14-17-8-11-22(29(17)26(31)32)25(23)20-4-2-3-5-21(20)27/h2-7,9-10,12-13,15,17,22-23,25H,8,11,14H2,1H3,(H,31,32)/t17-,22+,23-,25?/m1/s1. The zero-order valence-electron chi connectivity index (χ0n) is 19.5. The second-order valence-corrected chi connectivity index (χ2v) is 11.7. The zero-order valence-corrected chi connectivity index (χ0v) is 21.0. The average molecular weight is 529 g/mol. The zero-order chi connectivity index (χ0) is 25.6. The molecule has 1 amide bonds. The van der Waals surface area contributed by atoms with Crippen LogP contribution in [0.25, 0.3) is 5.69 Å². The largest absolute Gasteiger partial charge is 0.489 e. The quantitative estimate of drug-likeness (QED) is 0.528. The number of aromatic nitrogens is 1. The normalized spacial score (nSPS) is 23.4. The van der Waals surface area contributed by atoms with E-state index >= 15 is 0 Å². The van der Waals surface area contributed by atoms with Crippen LogP contribution in [0.15, 0.2) is 76.6 Å². The molecule has 1 N–H and O–H groups in total. The minimum absolute atomic E-state index is 0.148. The molecule has 4 atom stereocenters. The maximum Gasteiger partial charge on any atom is 0.407 e. The number of nitrogens with zero attached hydrogens (tertiary/aromatic N) is 2. The highest BCUT2D eigenvalue weighted by atomic mass is 35.5. The van der Waals surface area contributed by atoms with Crippen molar-refractivity contribution < 1.29 is 23.1 Å². The molecule has 10 heteroatoms. The van der Waals surface area contributed by atoms with E-state index in [9.17, 15) is 23.1 Å². The summed E-state index contributed by atoms with van der Waals surface area (Å²) in [4.78, 5) is 26.6. The average Bonchev–Trinajstić information content (AvgIpc) is 3.15. The molecule has 2 saturated heterocycles. The number of ether oxygens (including phenoxy) is 1. The van der Waals surface area contributed by atoms with Crippen molar-refractivity contribution in [3.05, 3.63) is 87.8 Å². The number of hydrogen-bond donors (Lipinski definition) is 1. The van der Waals surface area contributed by atoms with Gasteiger partial charge >= 0.3 is 6.09 Å². The fraction of sp³-hybridized carbons (Fsp3) is 0.308. The van der Waals surface area contributed by atoms with Crippen molar-refractivity contribution >= 4 is 27.5 Å². The molecule has 2 aromatic carbocycles. The van der Waals surface area contributed by atoms with Crippen molar-refractivity contribution in [1.29, 1.82) is 0 Å². The first kappa shape index (κ1) is 24.4. The highest BCUT2D eigenvalue weighted by Gasteiger charge is 2.51. The Balaban J connectivity index is 1.45. The topological polar surface area (TPSA) is 106 Å². The molecule has 2 aliphatic heterocycles. The summed E-state index contributed by atoms with van der Waals surface area (Å²) >= 11 is 6.53. The van der Waals surface area contributed by atoms with Crippen molar-refractivity contribution in [2.75, 3.05) is 6.26 Å². The molecule has 5 rings (SSSR count). The monoisotopic (exact) mass is 528 g/mol. The summed E-state index contributed by atoms with van der Waals surface area (Å²) in [5.41, 5.74) is 1.03. The summed E-state index contributed by atoms with van der Waals surface area (Å²) < 4.78 is 31.2. The molecule has 8 nitrogen and oxygen atoms in total. The van der Waals surface area contributed by atoms with E-state index in [1.165, 1.54) is 27.7 Å². The SMILES string of the molecule is CS(=O)(=O)c1ccc(-n2ccc(O[C@@H]3C[C@H]4CC[C@@H](C3c3ccccc3Cl)N4C(=O)O)cc2=O)cc1. The van der Waals surface area contributed by atoms with Gasteiger partial charge in [-0.25, -0.2) is 13.2 Å². The van der Waals surface area contributed by atoms with Crippen LogP contribution in [0.2, 0.25) is 5.02 Å². The minimum atomic E-state index is -3.34. The van der Waals surface area contributed by atoms with Gasteiger partial charge in [0.15, 0.2) is 9.84 Å². The fourth-order valence-corrected chi connectivity index (χ4v) is 6.40. The van der Waals surface area contributed by atoms with Gasteiger partial charge in [0.1, 0.15) is 11.9 Å². The number of halogens is 1. The third kappa shape index (κ3) is 4.49. The second kappa shape index (κ2) is 9.29. The van der Waals surface area contributed by atoms with Gasteiger partial charge in [-0.2, -0.15) is 0 Å². The van der Waals surface area contributed by atoms with Crippen LogP contribution in [0.3, 0.4) is 0 Å². The Morgan fingerprint density at radius 2 is 1.81 bits per heavy atom. The maximum atomic E-state index is 12.9. The molecule has 2 aliphatic rings. The summed E-state index contributed by atoms with van der Waals surface area (Å²) in [6, 6.07) is 16.1. The van der Waals surface area contributed by atoms with Gasteiger partial charge in [-0.1, -0.05) is 29.8 Å². The summed E-state index contributed by atoms with van der Waals surface area (Å²) in [5.74, 6) is 0.105. The number of hydrogen-bond acceptors (Lipinski definition) is 5. The highest BCUT2D eigenvalue weighted by molar-refractivity contribution is 7.90. The van der Waals surface area contributed by atoms with Crippen LogP contribution >= 0.6 is 11.6 Å². The van der Waals surface area contributed by atoms with Crippen LogP contribution in [0.5, 0.6) is 5.75 Å². The van der Waals surface area contributed by atoms with Crippen molar-refractivity contribution in [1.82, 2.24) is 9.47 Å². The van der Waals surface area contributed by atoms with Crippen molar-refractivity contribution in [3.8, 4) is 11.4 Å². The molecule has 2 bridgehead atoms. The molecule has 3 heterocycles. The molecule has 0 radical (unpaired) electrons. The highest BCUT2D eigenvalue weighted by Crippen LogP contribution is 2.47. The molecular formula is C26H25ClN2O6S.